The van der Waals surface area contributed by atoms with E-state index in [1.807, 2.05) is 60.7 Å². The molecule has 0 atom stereocenters. The van der Waals surface area contributed by atoms with Gasteiger partial charge >= 0.3 is 5.97 Å². The first-order chi connectivity index (χ1) is 10.2. The molecule has 2 aromatic rings. The van der Waals surface area contributed by atoms with E-state index in [1.54, 1.807) is 0 Å². The number of carboxylic acids is 1. The quantitative estimate of drug-likeness (QED) is 0.742. The van der Waals surface area contributed by atoms with Gasteiger partial charge in [0.2, 0.25) is 0 Å². The molecule has 0 fully saturated rings. The van der Waals surface area contributed by atoms with Crippen molar-refractivity contribution >= 4 is 21.9 Å². The van der Waals surface area contributed by atoms with Crippen LogP contribution in [0.2, 0.25) is 0 Å². The van der Waals surface area contributed by atoms with Gasteiger partial charge in [-0.25, -0.2) is 0 Å². The maximum absolute atomic E-state index is 11.5. The van der Waals surface area contributed by atoms with Crippen LogP contribution < -0.4 is 0 Å². The number of halogens is 1. The molecule has 0 spiro atoms. The zero-order valence-corrected chi connectivity index (χ0v) is 13.4. The Hall–Kier alpha value is -1.61. The zero-order chi connectivity index (χ0) is 15.1. The predicted molar refractivity (Wildman–Crippen MR) is 88.9 cm³/mol. The molecular formula is C18H19BrO2. The Morgan fingerprint density at radius 2 is 1.43 bits per heavy atom. The summed E-state index contributed by atoms with van der Waals surface area (Å²) in [5.74, 6) is -0.766. The van der Waals surface area contributed by atoms with Crippen LogP contribution in [0.1, 0.15) is 30.4 Å². The lowest BCUT2D eigenvalue weighted by Crippen LogP contribution is -2.31. The molecule has 0 saturated heterocycles. The van der Waals surface area contributed by atoms with Gasteiger partial charge in [-0.1, -0.05) is 76.6 Å². The third kappa shape index (κ3) is 3.73. The topological polar surface area (TPSA) is 37.3 Å². The molecule has 0 aliphatic carbocycles. The SMILES string of the molecule is O=C(O)CC(CCCBr)(c1ccccc1)c1ccccc1. The molecule has 2 nitrogen and oxygen atoms in total. The molecule has 0 heterocycles. The van der Waals surface area contributed by atoms with Crippen molar-refractivity contribution < 1.29 is 9.90 Å². The second-order valence-corrected chi connectivity index (χ2v) is 5.97. The van der Waals surface area contributed by atoms with Gasteiger partial charge in [0.05, 0.1) is 6.42 Å². The number of aliphatic carboxylic acids is 1. The molecule has 0 saturated carbocycles. The predicted octanol–water partition coefficient (Wildman–Crippen LogP) is 4.62. The summed E-state index contributed by atoms with van der Waals surface area (Å²) in [4.78, 5) is 11.5. The highest BCUT2D eigenvalue weighted by molar-refractivity contribution is 9.09. The number of carboxylic acid groups (broad SMARTS) is 1. The number of rotatable bonds is 7. The Labute approximate surface area is 134 Å². The Balaban J connectivity index is 2.56. The van der Waals surface area contributed by atoms with Crippen molar-refractivity contribution in [3.63, 3.8) is 0 Å². The summed E-state index contributed by atoms with van der Waals surface area (Å²) in [6.45, 7) is 0. The van der Waals surface area contributed by atoms with Crippen molar-refractivity contribution in [3.05, 3.63) is 71.8 Å². The van der Waals surface area contributed by atoms with Crippen LogP contribution in [-0.4, -0.2) is 16.4 Å². The number of benzene rings is 2. The Morgan fingerprint density at radius 3 is 1.81 bits per heavy atom. The second-order valence-electron chi connectivity index (χ2n) is 5.18. The fourth-order valence-electron chi connectivity index (χ4n) is 2.89. The third-order valence-electron chi connectivity index (χ3n) is 3.84. The lowest BCUT2D eigenvalue weighted by Gasteiger charge is -2.34. The van der Waals surface area contributed by atoms with Crippen molar-refractivity contribution in [2.45, 2.75) is 24.7 Å². The first kappa shape index (κ1) is 15.8. The third-order valence-corrected chi connectivity index (χ3v) is 4.40. The largest absolute Gasteiger partial charge is 0.481 e. The highest BCUT2D eigenvalue weighted by atomic mass is 79.9. The van der Waals surface area contributed by atoms with Crippen LogP contribution in [-0.2, 0) is 10.2 Å². The van der Waals surface area contributed by atoms with Gasteiger partial charge < -0.3 is 5.11 Å². The number of alkyl halides is 1. The van der Waals surface area contributed by atoms with E-state index in [9.17, 15) is 9.90 Å². The molecule has 21 heavy (non-hydrogen) atoms. The van der Waals surface area contributed by atoms with Crippen molar-refractivity contribution in [1.82, 2.24) is 0 Å². The summed E-state index contributed by atoms with van der Waals surface area (Å²) < 4.78 is 0. The molecular weight excluding hydrogens is 328 g/mol. The smallest absolute Gasteiger partial charge is 0.304 e. The highest BCUT2D eigenvalue weighted by Crippen LogP contribution is 2.40. The highest BCUT2D eigenvalue weighted by Gasteiger charge is 2.35. The molecule has 0 bridgehead atoms. The van der Waals surface area contributed by atoms with Gasteiger partial charge in [0, 0.05) is 10.7 Å². The molecule has 0 radical (unpaired) electrons. The Morgan fingerprint density at radius 1 is 0.952 bits per heavy atom. The molecule has 1 N–H and O–H groups in total. The summed E-state index contributed by atoms with van der Waals surface area (Å²) in [5.41, 5.74) is 1.67. The molecule has 0 aliphatic rings. The van der Waals surface area contributed by atoms with Gasteiger partial charge in [-0.3, -0.25) is 4.79 Å². The normalized spacial score (nSPS) is 11.3. The van der Waals surface area contributed by atoms with Gasteiger partial charge in [0.1, 0.15) is 0 Å². The maximum Gasteiger partial charge on any atom is 0.304 e. The van der Waals surface area contributed by atoms with E-state index in [0.717, 1.165) is 29.3 Å². The van der Waals surface area contributed by atoms with Crippen molar-refractivity contribution in [2.24, 2.45) is 0 Å². The Kier molecular flexibility index (Phi) is 5.57. The molecule has 2 rings (SSSR count). The number of hydrogen-bond donors (Lipinski definition) is 1. The molecule has 0 aliphatic heterocycles. The summed E-state index contributed by atoms with van der Waals surface area (Å²) in [6.07, 6.45) is 1.84. The van der Waals surface area contributed by atoms with Gasteiger partial charge in [0.25, 0.3) is 0 Å². The average molecular weight is 347 g/mol. The molecule has 2 aromatic carbocycles. The molecule has 0 amide bonds. The van der Waals surface area contributed by atoms with E-state index < -0.39 is 11.4 Å². The summed E-state index contributed by atoms with van der Waals surface area (Å²) in [7, 11) is 0. The summed E-state index contributed by atoms with van der Waals surface area (Å²) in [5, 5.41) is 10.3. The fraction of sp³-hybridized carbons (Fsp3) is 0.278. The van der Waals surface area contributed by atoms with Gasteiger partial charge in [-0.15, -0.1) is 0 Å². The standard InChI is InChI=1S/C18H19BrO2/c19-13-7-12-18(14-17(20)21,15-8-3-1-4-9-15)16-10-5-2-6-11-16/h1-6,8-11H,7,12-14H2,(H,20,21). The van der Waals surface area contributed by atoms with Crippen LogP contribution in [0.5, 0.6) is 0 Å². The van der Waals surface area contributed by atoms with Gasteiger partial charge in [0.15, 0.2) is 0 Å². The second kappa shape index (κ2) is 7.41. The van der Waals surface area contributed by atoms with Crippen LogP contribution in [0.4, 0.5) is 0 Å². The van der Waals surface area contributed by atoms with E-state index in [2.05, 4.69) is 15.9 Å². The fourth-order valence-corrected chi connectivity index (χ4v) is 3.17. The van der Waals surface area contributed by atoms with Crippen molar-refractivity contribution in [2.75, 3.05) is 5.33 Å². The maximum atomic E-state index is 11.5. The van der Waals surface area contributed by atoms with E-state index >= 15 is 0 Å². The van der Waals surface area contributed by atoms with Crippen LogP contribution in [0, 0.1) is 0 Å². The zero-order valence-electron chi connectivity index (χ0n) is 11.8. The molecule has 110 valence electrons. The van der Waals surface area contributed by atoms with Crippen LogP contribution in [0.15, 0.2) is 60.7 Å². The first-order valence-electron chi connectivity index (χ1n) is 7.08. The van der Waals surface area contributed by atoms with Gasteiger partial charge in [-0.2, -0.15) is 0 Å². The van der Waals surface area contributed by atoms with Crippen LogP contribution in [0.25, 0.3) is 0 Å². The van der Waals surface area contributed by atoms with Gasteiger partial charge in [-0.05, 0) is 24.0 Å². The monoisotopic (exact) mass is 346 g/mol. The van der Waals surface area contributed by atoms with Crippen LogP contribution in [0.3, 0.4) is 0 Å². The van der Waals surface area contributed by atoms with Crippen molar-refractivity contribution in [1.29, 1.82) is 0 Å². The first-order valence-corrected chi connectivity index (χ1v) is 8.20. The summed E-state index contributed by atoms with van der Waals surface area (Å²) >= 11 is 3.47. The molecule has 3 heteroatoms. The minimum Gasteiger partial charge on any atom is -0.481 e. The van der Waals surface area contributed by atoms with E-state index in [4.69, 9.17) is 0 Å². The Bertz CT molecular complexity index is 527. The summed E-state index contributed by atoms with van der Waals surface area (Å²) in [6, 6.07) is 20.0. The lowest BCUT2D eigenvalue weighted by atomic mass is 9.69. The van der Waals surface area contributed by atoms with Crippen LogP contribution >= 0.6 is 15.9 Å². The van der Waals surface area contributed by atoms with E-state index in [1.165, 1.54) is 0 Å². The van der Waals surface area contributed by atoms with E-state index in [0.29, 0.717) is 0 Å². The molecule has 0 aromatic heterocycles. The minimum absolute atomic E-state index is 0.105. The number of carbonyl (C=O) groups is 1. The molecule has 0 unspecified atom stereocenters. The number of hydrogen-bond acceptors (Lipinski definition) is 1. The lowest BCUT2D eigenvalue weighted by molar-refractivity contribution is -0.138. The average Bonchev–Trinajstić information content (AvgIpc) is 2.53. The minimum atomic E-state index is -0.766. The van der Waals surface area contributed by atoms with E-state index in [-0.39, 0.29) is 6.42 Å². The van der Waals surface area contributed by atoms with Crippen molar-refractivity contribution in [3.8, 4) is 0 Å².